The summed E-state index contributed by atoms with van der Waals surface area (Å²) in [7, 11) is -3.38. The van der Waals surface area contributed by atoms with Crippen LogP contribution in [0.15, 0.2) is 29.2 Å². The average Bonchev–Trinajstić information content (AvgIpc) is 3.07. The van der Waals surface area contributed by atoms with Gasteiger partial charge in [0, 0.05) is 25.2 Å². The van der Waals surface area contributed by atoms with Crippen LogP contribution >= 0.6 is 0 Å². The molecule has 2 rings (SSSR count). The fraction of sp³-hybridized carbons (Fsp3) is 0.588. The summed E-state index contributed by atoms with van der Waals surface area (Å²) < 4.78 is 26.3. The van der Waals surface area contributed by atoms with E-state index in [0.717, 1.165) is 38.5 Å². The van der Waals surface area contributed by atoms with Crippen molar-refractivity contribution in [2.24, 2.45) is 0 Å². The maximum absolute atomic E-state index is 12.4. The highest BCUT2D eigenvalue weighted by Gasteiger charge is 2.26. The first-order valence-corrected chi connectivity index (χ1v) is 9.88. The van der Waals surface area contributed by atoms with E-state index in [-0.39, 0.29) is 5.91 Å². The summed E-state index contributed by atoms with van der Waals surface area (Å²) in [6.45, 7) is 3.33. The van der Waals surface area contributed by atoms with Gasteiger partial charge in [-0.3, -0.25) is 4.79 Å². The fourth-order valence-corrected chi connectivity index (χ4v) is 4.24. The van der Waals surface area contributed by atoms with Gasteiger partial charge in [-0.1, -0.05) is 26.2 Å². The van der Waals surface area contributed by atoms with E-state index in [2.05, 4.69) is 12.2 Å². The van der Waals surface area contributed by atoms with Crippen molar-refractivity contribution >= 4 is 21.6 Å². The van der Waals surface area contributed by atoms with Crippen molar-refractivity contribution in [1.82, 2.24) is 4.31 Å². The molecule has 6 heteroatoms. The van der Waals surface area contributed by atoms with Crippen LogP contribution in [0, 0.1) is 0 Å². The van der Waals surface area contributed by atoms with E-state index in [0.29, 0.717) is 30.1 Å². The zero-order valence-corrected chi connectivity index (χ0v) is 14.6. The number of nitrogens with zero attached hydrogens (tertiary/aromatic N) is 1. The van der Waals surface area contributed by atoms with E-state index >= 15 is 0 Å². The number of hydrogen-bond donors (Lipinski definition) is 1. The number of nitrogens with one attached hydrogen (secondary N) is 1. The molecule has 0 bridgehead atoms. The summed E-state index contributed by atoms with van der Waals surface area (Å²) in [5, 5.41) is 2.82. The van der Waals surface area contributed by atoms with Gasteiger partial charge in [0.2, 0.25) is 15.9 Å². The highest BCUT2D eigenvalue weighted by molar-refractivity contribution is 7.89. The Morgan fingerprint density at radius 3 is 2.35 bits per heavy atom. The maximum atomic E-state index is 12.4. The van der Waals surface area contributed by atoms with E-state index in [1.54, 1.807) is 24.3 Å². The third-order valence-electron chi connectivity index (χ3n) is 4.10. The molecule has 128 valence electrons. The molecule has 1 amide bonds. The van der Waals surface area contributed by atoms with Crippen LogP contribution in [-0.2, 0) is 14.8 Å². The predicted octanol–water partition coefficient (Wildman–Crippen LogP) is 3.38. The first kappa shape index (κ1) is 17.9. The molecule has 0 saturated carbocycles. The first-order chi connectivity index (χ1) is 11.0. The van der Waals surface area contributed by atoms with E-state index in [9.17, 15) is 13.2 Å². The molecule has 1 aromatic carbocycles. The van der Waals surface area contributed by atoms with Crippen LogP contribution in [0.2, 0.25) is 0 Å². The topological polar surface area (TPSA) is 66.5 Å². The van der Waals surface area contributed by atoms with Gasteiger partial charge in [0.05, 0.1) is 4.90 Å². The van der Waals surface area contributed by atoms with Crippen molar-refractivity contribution in [3.8, 4) is 0 Å². The van der Waals surface area contributed by atoms with Gasteiger partial charge >= 0.3 is 0 Å². The van der Waals surface area contributed by atoms with Crippen molar-refractivity contribution in [2.45, 2.75) is 56.8 Å². The molecule has 1 heterocycles. The number of amides is 1. The first-order valence-electron chi connectivity index (χ1n) is 8.44. The zero-order chi connectivity index (χ0) is 16.7. The largest absolute Gasteiger partial charge is 0.326 e. The van der Waals surface area contributed by atoms with Crippen LogP contribution in [0.4, 0.5) is 5.69 Å². The molecule has 0 aliphatic carbocycles. The van der Waals surface area contributed by atoms with E-state index in [4.69, 9.17) is 0 Å². The molecule has 5 nitrogen and oxygen atoms in total. The Morgan fingerprint density at radius 2 is 1.74 bits per heavy atom. The molecule has 1 aliphatic heterocycles. The second kappa shape index (κ2) is 8.45. The minimum Gasteiger partial charge on any atom is -0.326 e. The average molecular weight is 338 g/mol. The molecule has 1 N–H and O–H groups in total. The van der Waals surface area contributed by atoms with Crippen molar-refractivity contribution in [1.29, 1.82) is 0 Å². The molecule has 0 aromatic heterocycles. The number of benzene rings is 1. The lowest BCUT2D eigenvalue weighted by molar-refractivity contribution is -0.116. The number of unbranched alkanes of at least 4 members (excludes halogenated alkanes) is 3. The molecule has 1 aliphatic rings. The van der Waals surface area contributed by atoms with Crippen molar-refractivity contribution in [3.05, 3.63) is 24.3 Å². The van der Waals surface area contributed by atoms with Crippen LogP contribution in [0.3, 0.4) is 0 Å². The van der Waals surface area contributed by atoms with Gasteiger partial charge in [0.25, 0.3) is 0 Å². The van der Waals surface area contributed by atoms with Gasteiger partial charge < -0.3 is 5.32 Å². The van der Waals surface area contributed by atoms with E-state index < -0.39 is 10.0 Å². The van der Waals surface area contributed by atoms with Crippen LogP contribution in [0.25, 0.3) is 0 Å². The Hall–Kier alpha value is -1.40. The number of hydrogen-bond acceptors (Lipinski definition) is 3. The lowest BCUT2D eigenvalue weighted by Gasteiger charge is -2.15. The third kappa shape index (κ3) is 5.04. The monoisotopic (exact) mass is 338 g/mol. The summed E-state index contributed by atoms with van der Waals surface area (Å²) in [6.07, 6.45) is 6.60. The second-order valence-electron chi connectivity index (χ2n) is 5.99. The van der Waals surface area contributed by atoms with Crippen molar-refractivity contribution < 1.29 is 13.2 Å². The Bertz CT molecular complexity index is 605. The number of carbonyl (C=O) groups is 1. The van der Waals surface area contributed by atoms with Crippen molar-refractivity contribution in [3.63, 3.8) is 0 Å². The SMILES string of the molecule is CCCCCCC(=O)Nc1ccc(S(=O)(=O)N2CCCC2)cc1. The molecule has 0 atom stereocenters. The molecular weight excluding hydrogens is 312 g/mol. The minimum absolute atomic E-state index is 0.0174. The third-order valence-corrected chi connectivity index (χ3v) is 6.01. The highest BCUT2D eigenvalue weighted by Crippen LogP contribution is 2.22. The lowest BCUT2D eigenvalue weighted by atomic mass is 10.1. The molecule has 1 aromatic rings. The van der Waals surface area contributed by atoms with Crippen molar-refractivity contribution in [2.75, 3.05) is 18.4 Å². The lowest BCUT2D eigenvalue weighted by Crippen LogP contribution is -2.27. The molecule has 23 heavy (non-hydrogen) atoms. The molecule has 0 spiro atoms. The summed E-state index contributed by atoms with van der Waals surface area (Å²) in [4.78, 5) is 12.1. The second-order valence-corrected chi connectivity index (χ2v) is 7.93. The Morgan fingerprint density at radius 1 is 1.09 bits per heavy atom. The van der Waals surface area contributed by atoms with E-state index in [1.165, 1.54) is 4.31 Å². The Kier molecular flexibility index (Phi) is 6.59. The molecule has 1 saturated heterocycles. The van der Waals surface area contributed by atoms with Gasteiger partial charge in [-0.2, -0.15) is 4.31 Å². The van der Waals surface area contributed by atoms with Gasteiger partial charge in [-0.25, -0.2) is 8.42 Å². The molecular formula is C17H26N2O3S. The summed E-state index contributed by atoms with van der Waals surface area (Å²) >= 11 is 0. The molecule has 0 radical (unpaired) electrons. The molecule has 1 fully saturated rings. The number of sulfonamides is 1. The van der Waals surface area contributed by atoms with Gasteiger partial charge in [-0.05, 0) is 43.5 Å². The normalized spacial score (nSPS) is 15.7. The van der Waals surface area contributed by atoms with Crippen LogP contribution < -0.4 is 5.32 Å². The van der Waals surface area contributed by atoms with Gasteiger partial charge in [-0.15, -0.1) is 0 Å². The van der Waals surface area contributed by atoms with Crippen LogP contribution in [0.1, 0.15) is 51.9 Å². The Balaban J connectivity index is 1.90. The number of rotatable bonds is 8. The molecule has 0 unspecified atom stereocenters. The van der Waals surface area contributed by atoms with Gasteiger partial charge in [0.15, 0.2) is 0 Å². The quantitative estimate of drug-likeness (QED) is 0.739. The van der Waals surface area contributed by atoms with Gasteiger partial charge in [0.1, 0.15) is 0 Å². The highest BCUT2D eigenvalue weighted by atomic mass is 32.2. The Labute approximate surface area is 139 Å². The minimum atomic E-state index is -3.38. The summed E-state index contributed by atoms with van der Waals surface area (Å²) in [5.74, 6) is -0.0174. The van der Waals surface area contributed by atoms with E-state index in [1.807, 2.05) is 0 Å². The summed E-state index contributed by atoms with van der Waals surface area (Å²) in [5.41, 5.74) is 0.644. The van der Waals surface area contributed by atoms with Crippen LogP contribution in [0.5, 0.6) is 0 Å². The van der Waals surface area contributed by atoms with Crippen LogP contribution in [-0.4, -0.2) is 31.7 Å². The zero-order valence-electron chi connectivity index (χ0n) is 13.8. The standard InChI is InChI=1S/C17H26N2O3S/c1-2-3-4-5-8-17(20)18-15-9-11-16(12-10-15)23(21,22)19-13-6-7-14-19/h9-12H,2-8,13-14H2,1H3,(H,18,20). The number of anilines is 1. The summed E-state index contributed by atoms with van der Waals surface area (Å²) in [6, 6.07) is 6.46. The smallest absolute Gasteiger partial charge is 0.243 e. The maximum Gasteiger partial charge on any atom is 0.243 e. The fourth-order valence-electron chi connectivity index (χ4n) is 2.72. The number of carbonyl (C=O) groups excluding carboxylic acids is 1. The predicted molar refractivity (Wildman–Crippen MR) is 91.8 cm³/mol.